The molecule has 3 nitrogen and oxygen atoms in total. The van der Waals surface area contributed by atoms with Crippen LogP contribution < -0.4 is 0 Å². The van der Waals surface area contributed by atoms with Crippen molar-refractivity contribution in [2.45, 2.75) is 38.7 Å². The minimum absolute atomic E-state index is 0.0929. The van der Waals surface area contributed by atoms with Gasteiger partial charge < -0.3 is 9.72 Å². The van der Waals surface area contributed by atoms with E-state index in [0.717, 1.165) is 5.69 Å². The number of aromatic nitrogens is 2. The number of nitrogens with one attached hydrogen (secondary N) is 1. The molecule has 114 valence electrons. The van der Waals surface area contributed by atoms with Gasteiger partial charge in [0.2, 0.25) is 0 Å². The summed E-state index contributed by atoms with van der Waals surface area (Å²) < 4.78 is 54.7. The monoisotopic (exact) mass is 376 g/mol. The Morgan fingerprint density at radius 2 is 2.00 bits per heavy atom. The molecule has 0 aromatic carbocycles. The van der Waals surface area contributed by atoms with Gasteiger partial charge in [0.25, 0.3) is 0 Å². The molecule has 9 heteroatoms. The number of aromatic amines is 1. The second-order valence-corrected chi connectivity index (χ2v) is 5.61. The molecule has 0 spiro atoms. The van der Waals surface area contributed by atoms with Gasteiger partial charge in [0.05, 0.1) is 4.47 Å². The van der Waals surface area contributed by atoms with Gasteiger partial charge in [-0.15, -0.1) is 0 Å². The van der Waals surface area contributed by atoms with Crippen LogP contribution in [0.1, 0.15) is 31.3 Å². The molecule has 0 fully saturated rings. The van der Waals surface area contributed by atoms with E-state index in [2.05, 4.69) is 30.6 Å². The Kier molecular flexibility index (Phi) is 6.08. The summed E-state index contributed by atoms with van der Waals surface area (Å²) in [5.41, 5.74) is 0.740. The zero-order chi connectivity index (χ0) is 15.5. The molecule has 1 aromatic rings. The van der Waals surface area contributed by atoms with E-state index < -0.39 is 19.0 Å². The van der Waals surface area contributed by atoms with E-state index in [1.807, 2.05) is 13.8 Å². The highest BCUT2D eigenvalue weighted by Crippen LogP contribution is 2.25. The Morgan fingerprint density at radius 1 is 1.40 bits per heavy atom. The van der Waals surface area contributed by atoms with Crippen molar-refractivity contribution >= 4 is 28.1 Å². The second kappa shape index (κ2) is 6.95. The molecule has 0 bridgehead atoms. The maximum atomic E-state index is 12.7. The molecule has 1 heterocycles. The van der Waals surface area contributed by atoms with Gasteiger partial charge in [0, 0.05) is 5.69 Å². The van der Waals surface area contributed by atoms with Crippen molar-refractivity contribution in [3.05, 3.63) is 20.6 Å². The van der Waals surface area contributed by atoms with Crippen molar-refractivity contribution in [1.29, 1.82) is 0 Å². The highest BCUT2D eigenvalue weighted by molar-refractivity contribution is 9.10. The summed E-state index contributed by atoms with van der Waals surface area (Å²) in [5, 5.41) is 0. The summed E-state index contributed by atoms with van der Waals surface area (Å²) in [7, 11) is 0. The Morgan fingerprint density at radius 3 is 2.50 bits per heavy atom. The second-order valence-electron chi connectivity index (χ2n) is 4.43. The topological polar surface area (TPSA) is 37.9 Å². The van der Waals surface area contributed by atoms with Crippen LogP contribution in [0.2, 0.25) is 0 Å². The number of H-pyrrole nitrogens is 1. The molecular formula is C11H13BrF4N2OS. The summed E-state index contributed by atoms with van der Waals surface area (Å²) in [6.07, 6.45) is -3.76. The lowest BCUT2D eigenvalue weighted by Gasteiger charge is -2.16. The standard InChI is InChI=1S/C11H13BrF4N2OS/c1-5(2)8-7(12)9(20)18-6(17-8)3-19-4-11(15,16)10(13)14/h5,10H,3-4H2,1-2H3,(H,17,18,20). The summed E-state index contributed by atoms with van der Waals surface area (Å²) in [6, 6.07) is 0. The average Bonchev–Trinajstić information content (AvgIpc) is 2.32. The first kappa shape index (κ1) is 17.5. The van der Waals surface area contributed by atoms with Gasteiger partial charge in [0.15, 0.2) is 0 Å². The number of ether oxygens (including phenoxy) is 1. The zero-order valence-electron chi connectivity index (χ0n) is 10.7. The SMILES string of the molecule is CC(C)c1[nH]c(COCC(F)(F)C(F)F)nc(=S)c1Br. The Bertz CT molecular complexity index is 522. The molecule has 0 atom stereocenters. The lowest BCUT2D eigenvalue weighted by molar-refractivity contribution is -0.168. The van der Waals surface area contributed by atoms with E-state index in [0.29, 0.717) is 4.47 Å². The Balaban J connectivity index is 2.77. The fraction of sp³-hybridized carbons (Fsp3) is 0.636. The van der Waals surface area contributed by atoms with Crippen LogP contribution in [0.4, 0.5) is 17.6 Å². The molecule has 0 aliphatic rings. The lowest BCUT2D eigenvalue weighted by Crippen LogP contribution is -2.32. The fourth-order valence-corrected chi connectivity index (χ4v) is 2.20. The molecule has 1 N–H and O–H groups in total. The van der Waals surface area contributed by atoms with Crippen LogP contribution in [-0.4, -0.2) is 28.9 Å². The van der Waals surface area contributed by atoms with Crippen molar-refractivity contribution in [1.82, 2.24) is 9.97 Å². The number of rotatable bonds is 6. The van der Waals surface area contributed by atoms with Gasteiger partial charge in [-0.3, -0.25) is 0 Å². The maximum Gasteiger partial charge on any atom is 0.330 e. The maximum absolute atomic E-state index is 12.7. The molecule has 20 heavy (non-hydrogen) atoms. The predicted octanol–water partition coefficient (Wildman–Crippen LogP) is 4.44. The van der Waals surface area contributed by atoms with Crippen molar-refractivity contribution in [3.63, 3.8) is 0 Å². The number of halogens is 5. The number of nitrogens with zero attached hydrogens (tertiary/aromatic N) is 1. The van der Waals surface area contributed by atoms with Crippen LogP contribution in [0.15, 0.2) is 4.47 Å². The van der Waals surface area contributed by atoms with E-state index >= 15 is 0 Å². The molecular weight excluding hydrogens is 364 g/mol. The van der Waals surface area contributed by atoms with Gasteiger partial charge in [-0.05, 0) is 21.8 Å². The normalized spacial score (nSPS) is 12.4. The van der Waals surface area contributed by atoms with Crippen LogP contribution in [0.25, 0.3) is 0 Å². The smallest absolute Gasteiger partial charge is 0.330 e. The third kappa shape index (κ3) is 4.49. The molecule has 0 saturated heterocycles. The van der Waals surface area contributed by atoms with Gasteiger partial charge in [0.1, 0.15) is 23.7 Å². The van der Waals surface area contributed by atoms with E-state index in [1.165, 1.54) is 0 Å². The third-order valence-corrected chi connectivity index (χ3v) is 3.73. The highest BCUT2D eigenvalue weighted by atomic mass is 79.9. The summed E-state index contributed by atoms with van der Waals surface area (Å²) >= 11 is 8.29. The molecule has 0 aliphatic heterocycles. The predicted molar refractivity (Wildman–Crippen MR) is 71.8 cm³/mol. The summed E-state index contributed by atoms with van der Waals surface area (Å²) in [5.74, 6) is -3.87. The first-order valence-electron chi connectivity index (χ1n) is 5.67. The minimum atomic E-state index is -4.17. The van der Waals surface area contributed by atoms with Gasteiger partial charge in [-0.2, -0.15) is 8.78 Å². The fourth-order valence-electron chi connectivity index (χ4n) is 1.34. The van der Waals surface area contributed by atoms with E-state index in [9.17, 15) is 17.6 Å². The van der Waals surface area contributed by atoms with E-state index in [1.54, 1.807) is 0 Å². The minimum Gasteiger partial charge on any atom is -0.367 e. The number of alkyl halides is 4. The van der Waals surface area contributed by atoms with Crippen molar-refractivity contribution in [2.24, 2.45) is 0 Å². The van der Waals surface area contributed by atoms with Crippen LogP contribution in [-0.2, 0) is 11.3 Å². The quantitative estimate of drug-likeness (QED) is 0.588. The lowest BCUT2D eigenvalue weighted by atomic mass is 10.1. The van der Waals surface area contributed by atoms with Gasteiger partial charge >= 0.3 is 12.3 Å². The largest absolute Gasteiger partial charge is 0.367 e. The molecule has 0 saturated carbocycles. The van der Waals surface area contributed by atoms with Crippen molar-refractivity contribution in [2.75, 3.05) is 6.61 Å². The highest BCUT2D eigenvalue weighted by Gasteiger charge is 2.40. The molecule has 1 aromatic heterocycles. The zero-order valence-corrected chi connectivity index (χ0v) is 13.1. The summed E-state index contributed by atoms with van der Waals surface area (Å²) in [4.78, 5) is 6.82. The first-order valence-corrected chi connectivity index (χ1v) is 6.87. The van der Waals surface area contributed by atoms with Crippen molar-refractivity contribution in [3.8, 4) is 0 Å². The molecule has 0 aliphatic carbocycles. The van der Waals surface area contributed by atoms with Crippen LogP contribution in [0, 0.1) is 4.64 Å². The van der Waals surface area contributed by atoms with E-state index in [4.69, 9.17) is 12.2 Å². The number of hydrogen-bond donors (Lipinski definition) is 1. The molecule has 0 unspecified atom stereocenters. The van der Waals surface area contributed by atoms with Crippen LogP contribution in [0.5, 0.6) is 0 Å². The van der Waals surface area contributed by atoms with Gasteiger partial charge in [-0.1, -0.05) is 26.1 Å². The van der Waals surface area contributed by atoms with Crippen LogP contribution in [0.3, 0.4) is 0 Å². The van der Waals surface area contributed by atoms with Gasteiger partial charge in [-0.25, -0.2) is 13.8 Å². The Labute approximate surface area is 126 Å². The number of hydrogen-bond acceptors (Lipinski definition) is 3. The third-order valence-electron chi connectivity index (χ3n) is 2.37. The molecule has 0 amide bonds. The molecule has 1 rings (SSSR count). The Hall–Kier alpha value is -0.540. The summed E-state index contributed by atoms with van der Waals surface area (Å²) in [6.45, 7) is 2.08. The molecule has 0 radical (unpaired) electrons. The average molecular weight is 377 g/mol. The van der Waals surface area contributed by atoms with Crippen LogP contribution >= 0.6 is 28.1 Å². The first-order chi connectivity index (χ1) is 9.15. The van der Waals surface area contributed by atoms with Crippen molar-refractivity contribution < 1.29 is 22.3 Å². The van der Waals surface area contributed by atoms with E-state index in [-0.39, 0.29) is 23.0 Å².